The van der Waals surface area contributed by atoms with E-state index in [0.717, 1.165) is 5.57 Å². The minimum absolute atomic E-state index is 0.744. The first-order chi connectivity index (χ1) is 4.60. The SMILES string of the molecule is CC1=COS(=O)(=O)NC=C1. The molecule has 0 bridgehead atoms. The second-order valence-electron chi connectivity index (χ2n) is 1.86. The zero-order valence-electron chi connectivity index (χ0n) is 5.37. The quantitative estimate of drug-likeness (QED) is 0.554. The standard InChI is InChI=1S/C5H7NO3S/c1-5-2-3-6-10(7,8)9-4-5/h2-4,6H,1H3. The van der Waals surface area contributed by atoms with Crippen molar-refractivity contribution in [2.45, 2.75) is 6.92 Å². The van der Waals surface area contributed by atoms with E-state index in [1.54, 1.807) is 13.0 Å². The molecule has 5 heteroatoms. The lowest BCUT2D eigenvalue weighted by molar-refractivity contribution is 0.437. The fraction of sp³-hybridized carbons (Fsp3) is 0.200. The minimum atomic E-state index is -3.57. The molecule has 1 rings (SSSR count). The van der Waals surface area contributed by atoms with Crippen molar-refractivity contribution in [3.05, 3.63) is 24.1 Å². The second-order valence-corrected chi connectivity index (χ2v) is 3.20. The van der Waals surface area contributed by atoms with Crippen molar-refractivity contribution in [2.75, 3.05) is 0 Å². The van der Waals surface area contributed by atoms with Crippen molar-refractivity contribution in [1.29, 1.82) is 0 Å². The number of nitrogens with one attached hydrogen (secondary N) is 1. The number of allylic oxidation sites excluding steroid dienone is 2. The predicted molar refractivity (Wildman–Crippen MR) is 36.0 cm³/mol. The average molecular weight is 161 g/mol. The van der Waals surface area contributed by atoms with Crippen LogP contribution >= 0.6 is 0 Å². The number of rotatable bonds is 0. The lowest BCUT2D eigenvalue weighted by atomic mass is 10.3. The Hall–Kier alpha value is -0.970. The van der Waals surface area contributed by atoms with Gasteiger partial charge >= 0.3 is 10.3 Å². The molecule has 1 heterocycles. The minimum Gasteiger partial charge on any atom is -0.375 e. The van der Waals surface area contributed by atoms with Crippen molar-refractivity contribution < 1.29 is 12.6 Å². The lowest BCUT2D eigenvalue weighted by Crippen LogP contribution is -2.17. The van der Waals surface area contributed by atoms with E-state index in [1.807, 2.05) is 0 Å². The zero-order chi connectivity index (χ0) is 7.61. The maximum atomic E-state index is 10.6. The van der Waals surface area contributed by atoms with Gasteiger partial charge in [-0.05, 0) is 18.6 Å². The summed E-state index contributed by atoms with van der Waals surface area (Å²) in [6, 6.07) is 0. The lowest BCUT2D eigenvalue weighted by Gasteiger charge is -1.97. The summed E-state index contributed by atoms with van der Waals surface area (Å²) in [7, 11) is -3.57. The Morgan fingerprint density at radius 3 is 3.00 bits per heavy atom. The van der Waals surface area contributed by atoms with E-state index in [4.69, 9.17) is 0 Å². The summed E-state index contributed by atoms with van der Waals surface area (Å²) in [5.74, 6) is 0. The van der Waals surface area contributed by atoms with Crippen molar-refractivity contribution in [2.24, 2.45) is 0 Å². The Kier molecular flexibility index (Phi) is 1.67. The summed E-state index contributed by atoms with van der Waals surface area (Å²) in [4.78, 5) is 0. The van der Waals surface area contributed by atoms with Gasteiger partial charge in [-0.2, -0.15) is 8.42 Å². The summed E-state index contributed by atoms with van der Waals surface area (Å²) in [6.45, 7) is 1.74. The first kappa shape index (κ1) is 7.14. The molecule has 56 valence electrons. The molecule has 0 amide bonds. The van der Waals surface area contributed by atoms with E-state index >= 15 is 0 Å². The fourth-order valence-corrected chi connectivity index (χ4v) is 1.02. The van der Waals surface area contributed by atoms with Crippen LogP contribution in [0.15, 0.2) is 24.1 Å². The Labute approximate surface area is 59.4 Å². The van der Waals surface area contributed by atoms with E-state index in [2.05, 4.69) is 8.91 Å². The van der Waals surface area contributed by atoms with Gasteiger partial charge < -0.3 is 4.18 Å². The molecule has 0 aliphatic carbocycles. The van der Waals surface area contributed by atoms with E-state index < -0.39 is 10.3 Å². The molecule has 0 aromatic carbocycles. The summed E-state index contributed by atoms with van der Waals surface area (Å²) in [5.41, 5.74) is 0.744. The predicted octanol–water partition coefficient (Wildman–Crippen LogP) is 0.269. The van der Waals surface area contributed by atoms with Gasteiger partial charge in [-0.3, -0.25) is 4.72 Å². The third-order valence-corrected chi connectivity index (χ3v) is 1.69. The van der Waals surface area contributed by atoms with Crippen LogP contribution in [0, 0.1) is 0 Å². The molecule has 0 radical (unpaired) electrons. The van der Waals surface area contributed by atoms with Crippen LogP contribution < -0.4 is 4.72 Å². The van der Waals surface area contributed by atoms with Crippen LogP contribution in [0.3, 0.4) is 0 Å². The maximum absolute atomic E-state index is 10.6. The molecular weight excluding hydrogens is 154 g/mol. The van der Waals surface area contributed by atoms with Gasteiger partial charge in [0.15, 0.2) is 0 Å². The Morgan fingerprint density at radius 1 is 1.60 bits per heavy atom. The first-order valence-corrected chi connectivity index (χ1v) is 4.05. The van der Waals surface area contributed by atoms with Crippen molar-refractivity contribution in [1.82, 2.24) is 4.72 Å². The first-order valence-electron chi connectivity index (χ1n) is 2.64. The van der Waals surface area contributed by atoms with E-state index in [1.165, 1.54) is 12.5 Å². The van der Waals surface area contributed by atoms with Gasteiger partial charge in [-0.25, -0.2) is 0 Å². The van der Waals surface area contributed by atoms with E-state index in [0.29, 0.717) is 0 Å². The zero-order valence-corrected chi connectivity index (χ0v) is 6.18. The molecule has 0 unspecified atom stereocenters. The van der Waals surface area contributed by atoms with Crippen molar-refractivity contribution >= 4 is 10.3 Å². The molecule has 10 heavy (non-hydrogen) atoms. The smallest absolute Gasteiger partial charge is 0.375 e. The molecule has 0 fully saturated rings. The van der Waals surface area contributed by atoms with Gasteiger partial charge in [-0.1, -0.05) is 0 Å². The molecule has 0 atom stereocenters. The topological polar surface area (TPSA) is 55.4 Å². The van der Waals surface area contributed by atoms with Gasteiger partial charge in [0, 0.05) is 6.20 Å². The molecular formula is C5H7NO3S. The van der Waals surface area contributed by atoms with Crippen LogP contribution in [0.25, 0.3) is 0 Å². The van der Waals surface area contributed by atoms with E-state index in [-0.39, 0.29) is 0 Å². The Balaban J connectivity index is 2.91. The molecule has 1 N–H and O–H groups in total. The molecule has 0 aromatic rings. The molecule has 0 saturated carbocycles. The van der Waals surface area contributed by atoms with Crippen LogP contribution in [-0.4, -0.2) is 8.42 Å². The number of hydrogen-bond donors (Lipinski definition) is 1. The molecule has 0 spiro atoms. The van der Waals surface area contributed by atoms with Crippen LogP contribution in [0.2, 0.25) is 0 Å². The fourth-order valence-electron chi connectivity index (χ4n) is 0.455. The monoisotopic (exact) mass is 161 g/mol. The molecule has 0 aromatic heterocycles. The van der Waals surface area contributed by atoms with Crippen LogP contribution in [0.1, 0.15) is 6.92 Å². The average Bonchev–Trinajstić information content (AvgIpc) is 1.94. The van der Waals surface area contributed by atoms with Gasteiger partial charge in [0.05, 0.1) is 0 Å². The van der Waals surface area contributed by atoms with E-state index in [9.17, 15) is 8.42 Å². The highest BCUT2D eigenvalue weighted by atomic mass is 32.2. The van der Waals surface area contributed by atoms with Crippen molar-refractivity contribution in [3.8, 4) is 0 Å². The molecule has 1 aliphatic heterocycles. The largest absolute Gasteiger partial charge is 0.406 e. The third-order valence-electron chi connectivity index (χ3n) is 0.919. The second kappa shape index (κ2) is 2.34. The van der Waals surface area contributed by atoms with Crippen LogP contribution in [-0.2, 0) is 14.5 Å². The summed E-state index contributed by atoms with van der Waals surface area (Å²) in [5, 5.41) is 0. The highest BCUT2D eigenvalue weighted by Gasteiger charge is 2.07. The van der Waals surface area contributed by atoms with Crippen molar-refractivity contribution in [3.63, 3.8) is 0 Å². The highest BCUT2D eigenvalue weighted by molar-refractivity contribution is 7.84. The van der Waals surface area contributed by atoms with Crippen LogP contribution in [0.4, 0.5) is 0 Å². The summed E-state index contributed by atoms with van der Waals surface area (Å²) in [6.07, 6.45) is 4.09. The third kappa shape index (κ3) is 1.77. The number of hydrogen-bond acceptors (Lipinski definition) is 3. The molecule has 0 saturated heterocycles. The molecule has 4 nitrogen and oxygen atoms in total. The Morgan fingerprint density at radius 2 is 2.30 bits per heavy atom. The van der Waals surface area contributed by atoms with Gasteiger partial charge in [-0.15, -0.1) is 0 Å². The van der Waals surface area contributed by atoms with Crippen LogP contribution in [0.5, 0.6) is 0 Å². The Bertz CT molecular complexity index is 275. The van der Waals surface area contributed by atoms with Gasteiger partial charge in [0.2, 0.25) is 0 Å². The maximum Gasteiger partial charge on any atom is 0.406 e. The normalized spacial score (nSPS) is 21.9. The highest BCUT2D eigenvalue weighted by Crippen LogP contribution is 2.01. The molecule has 1 aliphatic rings. The van der Waals surface area contributed by atoms with Gasteiger partial charge in [0.1, 0.15) is 6.26 Å². The summed E-state index contributed by atoms with van der Waals surface area (Å²) < 4.78 is 27.6. The summed E-state index contributed by atoms with van der Waals surface area (Å²) >= 11 is 0. The van der Waals surface area contributed by atoms with Gasteiger partial charge in [0.25, 0.3) is 0 Å².